The molecular formula is C15H13FN2O3. The molecule has 1 N–H and O–H groups in total. The number of hydrogen-bond donors (Lipinski definition) is 1. The molecule has 2 aromatic rings. The van der Waals surface area contributed by atoms with Crippen LogP contribution in [0, 0.1) is 0 Å². The van der Waals surface area contributed by atoms with Crippen LogP contribution in [0.2, 0.25) is 0 Å². The van der Waals surface area contributed by atoms with Crippen molar-refractivity contribution in [3.8, 4) is 0 Å². The van der Waals surface area contributed by atoms with Crippen molar-refractivity contribution in [2.75, 3.05) is 13.1 Å². The van der Waals surface area contributed by atoms with Crippen LogP contribution < -0.4 is 0 Å². The van der Waals surface area contributed by atoms with Gasteiger partial charge in [0.2, 0.25) is 5.67 Å². The van der Waals surface area contributed by atoms with Crippen molar-refractivity contribution < 1.29 is 19.1 Å². The van der Waals surface area contributed by atoms with Crippen LogP contribution in [-0.2, 0) is 4.79 Å². The van der Waals surface area contributed by atoms with Gasteiger partial charge in [0, 0.05) is 30.7 Å². The topological polar surface area (TPSA) is 70.5 Å². The maximum absolute atomic E-state index is 14.1. The molecule has 0 spiro atoms. The van der Waals surface area contributed by atoms with Gasteiger partial charge in [-0.05, 0) is 5.39 Å². The molecule has 1 aliphatic rings. The lowest BCUT2D eigenvalue weighted by Crippen LogP contribution is -2.39. The minimum Gasteiger partial charge on any atom is -0.479 e. The summed E-state index contributed by atoms with van der Waals surface area (Å²) in [6.07, 6.45) is 2.89. The van der Waals surface area contributed by atoms with Gasteiger partial charge in [-0.2, -0.15) is 0 Å². The second-order valence-corrected chi connectivity index (χ2v) is 5.16. The largest absolute Gasteiger partial charge is 0.479 e. The summed E-state index contributed by atoms with van der Waals surface area (Å²) in [6, 6.07) is 7.27. The van der Waals surface area contributed by atoms with E-state index in [1.165, 1.54) is 11.1 Å². The number of carboxylic acids is 1. The molecule has 0 aliphatic carbocycles. The maximum atomic E-state index is 14.1. The molecule has 0 unspecified atom stereocenters. The number of carboxylic acid groups (broad SMARTS) is 1. The van der Waals surface area contributed by atoms with E-state index in [1.54, 1.807) is 18.3 Å². The molecule has 3 rings (SSSR count). The summed E-state index contributed by atoms with van der Waals surface area (Å²) < 4.78 is 14.1. The molecule has 0 saturated carbocycles. The number of carbonyl (C=O) groups excluding carboxylic acids is 1. The molecule has 1 saturated heterocycles. The number of alkyl halides is 1. The second kappa shape index (κ2) is 4.80. The molecule has 1 aromatic carbocycles. The molecule has 6 heteroatoms. The number of hydrogen-bond acceptors (Lipinski definition) is 3. The Morgan fingerprint density at radius 3 is 2.76 bits per heavy atom. The summed E-state index contributed by atoms with van der Waals surface area (Å²) in [5.74, 6) is -1.91. The number of amides is 1. The Bertz CT molecular complexity index is 728. The van der Waals surface area contributed by atoms with Crippen LogP contribution in [-0.4, -0.2) is 45.6 Å². The van der Waals surface area contributed by atoms with Gasteiger partial charge in [-0.15, -0.1) is 0 Å². The third-order valence-electron chi connectivity index (χ3n) is 3.79. The number of nitrogens with zero attached hydrogens (tertiary/aromatic N) is 2. The van der Waals surface area contributed by atoms with Gasteiger partial charge in [0.15, 0.2) is 0 Å². The minimum absolute atomic E-state index is 0.0881. The molecule has 21 heavy (non-hydrogen) atoms. The van der Waals surface area contributed by atoms with Gasteiger partial charge in [0.05, 0.1) is 12.1 Å². The molecular weight excluding hydrogens is 275 g/mol. The summed E-state index contributed by atoms with van der Waals surface area (Å²) in [6.45, 7) is -0.338. The lowest BCUT2D eigenvalue weighted by molar-refractivity contribution is -0.149. The van der Waals surface area contributed by atoms with Gasteiger partial charge in [-0.25, -0.2) is 9.18 Å². The molecule has 5 nitrogen and oxygen atoms in total. The number of rotatable bonds is 2. The number of aromatic nitrogens is 1. The van der Waals surface area contributed by atoms with E-state index >= 15 is 0 Å². The van der Waals surface area contributed by atoms with Crippen molar-refractivity contribution in [2.24, 2.45) is 0 Å². The summed E-state index contributed by atoms with van der Waals surface area (Å²) in [4.78, 5) is 28.7. The number of halogens is 1. The van der Waals surface area contributed by atoms with Crippen LogP contribution in [0.25, 0.3) is 10.8 Å². The van der Waals surface area contributed by atoms with Gasteiger partial charge in [0.1, 0.15) is 0 Å². The Morgan fingerprint density at radius 2 is 2.05 bits per heavy atom. The molecule has 1 aromatic heterocycles. The van der Waals surface area contributed by atoms with E-state index in [2.05, 4.69) is 4.98 Å². The zero-order valence-corrected chi connectivity index (χ0v) is 11.1. The van der Waals surface area contributed by atoms with E-state index in [4.69, 9.17) is 5.11 Å². The third kappa shape index (κ3) is 2.22. The summed E-state index contributed by atoms with van der Waals surface area (Å²) in [5, 5.41) is 10.4. The molecule has 2 heterocycles. The highest BCUT2D eigenvalue weighted by atomic mass is 19.1. The van der Waals surface area contributed by atoms with Crippen molar-refractivity contribution in [3.05, 3.63) is 42.2 Å². The molecule has 1 atom stereocenters. The average Bonchev–Trinajstić information content (AvgIpc) is 2.90. The highest BCUT2D eigenvalue weighted by Crippen LogP contribution is 2.28. The first-order chi connectivity index (χ1) is 10.0. The van der Waals surface area contributed by atoms with Gasteiger partial charge >= 0.3 is 5.97 Å². The lowest BCUT2D eigenvalue weighted by atomic mass is 10.1. The molecule has 1 amide bonds. The van der Waals surface area contributed by atoms with Crippen molar-refractivity contribution in [1.29, 1.82) is 0 Å². The molecule has 1 fully saturated rings. The zero-order chi connectivity index (χ0) is 15.0. The van der Waals surface area contributed by atoms with Crippen molar-refractivity contribution >= 4 is 22.6 Å². The Balaban J connectivity index is 1.94. The van der Waals surface area contributed by atoms with Crippen molar-refractivity contribution in [2.45, 2.75) is 12.1 Å². The van der Waals surface area contributed by atoms with Crippen LogP contribution in [0.3, 0.4) is 0 Å². The third-order valence-corrected chi connectivity index (χ3v) is 3.79. The van der Waals surface area contributed by atoms with Crippen molar-refractivity contribution in [1.82, 2.24) is 9.88 Å². The number of benzene rings is 1. The second-order valence-electron chi connectivity index (χ2n) is 5.16. The fourth-order valence-corrected chi connectivity index (χ4v) is 2.58. The Kier molecular flexibility index (Phi) is 3.08. The number of carbonyl (C=O) groups is 2. The Morgan fingerprint density at radius 1 is 1.29 bits per heavy atom. The predicted octanol–water partition coefficient (Wildman–Crippen LogP) is 1.87. The molecule has 0 radical (unpaired) electrons. The maximum Gasteiger partial charge on any atom is 0.343 e. The van der Waals surface area contributed by atoms with E-state index in [0.29, 0.717) is 5.56 Å². The molecule has 108 valence electrons. The van der Waals surface area contributed by atoms with Gasteiger partial charge < -0.3 is 10.0 Å². The van der Waals surface area contributed by atoms with Gasteiger partial charge in [0.25, 0.3) is 5.91 Å². The lowest BCUT2D eigenvalue weighted by Gasteiger charge is -2.18. The fourth-order valence-electron chi connectivity index (χ4n) is 2.58. The van der Waals surface area contributed by atoms with E-state index in [1.807, 2.05) is 12.1 Å². The zero-order valence-electron chi connectivity index (χ0n) is 11.1. The average molecular weight is 288 g/mol. The Labute approximate surface area is 120 Å². The van der Waals surface area contributed by atoms with Gasteiger partial charge in [-0.3, -0.25) is 9.78 Å². The SMILES string of the molecule is O=C(c1cncc2ccccc12)N1CC[C@@](F)(C(=O)O)C1. The first kappa shape index (κ1) is 13.5. The van der Waals surface area contributed by atoms with Crippen LogP contribution >= 0.6 is 0 Å². The highest BCUT2D eigenvalue weighted by molar-refractivity contribution is 6.06. The normalized spacial score (nSPS) is 21.7. The minimum atomic E-state index is -2.35. The number of aliphatic carboxylic acids is 1. The smallest absolute Gasteiger partial charge is 0.343 e. The first-order valence-electron chi connectivity index (χ1n) is 6.56. The standard InChI is InChI=1S/C15H13FN2O3/c16-15(14(20)21)5-6-18(9-15)13(19)12-8-17-7-10-3-1-2-4-11(10)12/h1-4,7-8H,5-6,9H2,(H,20,21)/t15-/m0/s1. The number of fused-ring (bicyclic) bond motifs is 1. The molecule has 0 bridgehead atoms. The molecule has 1 aliphatic heterocycles. The monoisotopic (exact) mass is 288 g/mol. The summed E-state index contributed by atoms with van der Waals surface area (Å²) in [5.41, 5.74) is -1.99. The number of pyridine rings is 1. The van der Waals surface area contributed by atoms with Crippen LogP contribution in [0.4, 0.5) is 4.39 Å². The van der Waals surface area contributed by atoms with E-state index in [9.17, 15) is 14.0 Å². The summed E-state index contributed by atoms with van der Waals surface area (Å²) >= 11 is 0. The van der Waals surface area contributed by atoms with Gasteiger partial charge in [-0.1, -0.05) is 24.3 Å². The predicted molar refractivity (Wildman–Crippen MR) is 73.7 cm³/mol. The van der Waals surface area contributed by atoms with Crippen LogP contribution in [0.15, 0.2) is 36.7 Å². The van der Waals surface area contributed by atoms with E-state index in [-0.39, 0.29) is 18.9 Å². The first-order valence-corrected chi connectivity index (χ1v) is 6.56. The fraction of sp³-hybridized carbons (Fsp3) is 0.267. The highest BCUT2D eigenvalue weighted by Gasteiger charge is 2.47. The Hall–Kier alpha value is -2.50. The van der Waals surface area contributed by atoms with Crippen LogP contribution in [0.1, 0.15) is 16.8 Å². The summed E-state index contributed by atoms with van der Waals surface area (Å²) in [7, 11) is 0. The van der Waals surface area contributed by atoms with Crippen molar-refractivity contribution in [3.63, 3.8) is 0 Å². The number of likely N-dealkylation sites (tertiary alicyclic amines) is 1. The van der Waals surface area contributed by atoms with Crippen LogP contribution in [0.5, 0.6) is 0 Å². The quantitative estimate of drug-likeness (QED) is 0.916. The van der Waals surface area contributed by atoms with E-state index < -0.39 is 18.2 Å². The van der Waals surface area contributed by atoms with E-state index in [0.717, 1.165) is 10.8 Å².